The van der Waals surface area contributed by atoms with Gasteiger partial charge >= 0.3 is 102 Å². The first-order valence-corrected chi connectivity index (χ1v) is 7.11. The van der Waals surface area contributed by atoms with E-state index in [1.807, 2.05) is 24.3 Å². The van der Waals surface area contributed by atoms with Crippen molar-refractivity contribution in [3.8, 4) is 0 Å². The first kappa shape index (κ1) is 22.2. The third kappa shape index (κ3) is 10.7. The fourth-order valence-corrected chi connectivity index (χ4v) is 2.65. The molecule has 0 heterocycles. The topological polar surface area (TPSA) is 68.3 Å². The normalized spacial score (nSPS) is 10.8. The van der Waals surface area contributed by atoms with Crippen LogP contribution in [0.5, 0.6) is 0 Å². The van der Waals surface area contributed by atoms with E-state index in [1.54, 1.807) is 0 Å². The maximum absolute atomic E-state index is 11.7. The Morgan fingerprint density at radius 3 is 2.09 bits per heavy atom. The molecule has 0 atom stereocenters. The van der Waals surface area contributed by atoms with Crippen LogP contribution in [0.1, 0.15) is 18.4 Å². The summed E-state index contributed by atoms with van der Waals surface area (Å²) in [6, 6.07) is 10.2. The minimum absolute atomic E-state index is 0.346. The number of carbonyl (C=O) groups excluding carboxylic acids is 4. The van der Waals surface area contributed by atoms with Gasteiger partial charge in [-0.25, -0.2) is 0 Å². The number of aryl methyl sites for hydroxylation is 1. The molecule has 0 bridgehead atoms. The van der Waals surface area contributed by atoms with Gasteiger partial charge in [0.15, 0.2) is 0 Å². The molecule has 1 aromatic carbocycles. The fraction of sp³-hybridized carbons (Fsp3) is 0.176. The van der Waals surface area contributed by atoms with E-state index in [4.69, 9.17) is 14.4 Å². The first-order chi connectivity index (χ1) is 10.8. The van der Waals surface area contributed by atoms with Crippen molar-refractivity contribution >= 4 is 25.0 Å². The number of benzene rings is 1. The van der Waals surface area contributed by atoms with Gasteiger partial charge in [-0.1, -0.05) is 0 Å². The predicted molar refractivity (Wildman–Crippen MR) is 78.7 cm³/mol. The number of hydrogen-bond donors (Lipinski definition) is 0. The molecule has 0 saturated heterocycles. The second-order valence-electron chi connectivity index (χ2n) is 3.65. The van der Waals surface area contributed by atoms with E-state index in [0.29, 0.717) is 26.1 Å². The van der Waals surface area contributed by atoms with E-state index in [0.717, 1.165) is 12.8 Å². The number of rotatable bonds is 5. The Balaban J connectivity index is 0. The van der Waals surface area contributed by atoms with Gasteiger partial charge < -0.3 is 0 Å². The van der Waals surface area contributed by atoms with Gasteiger partial charge in [-0.15, -0.1) is 0 Å². The first-order valence-electron chi connectivity index (χ1n) is 6.00. The molecule has 22 heavy (non-hydrogen) atoms. The van der Waals surface area contributed by atoms with Crippen molar-refractivity contribution in [2.75, 3.05) is 0 Å². The van der Waals surface area contributed by atoms with Crippen LogP contribution < -0.4 is 0 Å². The van der Waals surface area contributed by atoms with Crippen LogP contribution in [0.15, 0.2) is 53.0 Å². The van der Waals surface area contributed by atoms with Crippen LogP contribution in [0, 0.1) is 0 Å². The summed E-state index contributed by atoms with van der Waals surface area (Å²) in [5.41, 5.74) is 1.24. The minimum Gasteiger partial charge on any atom is -0.281 e. The quantitative estimate of drug-likeness (QED) is 0.769. The third-order valence-electron chi connectivity index (χ3n) is 2.38. The minimum atomic E-state index is 0.346. The molecule has 0 aliphatic heterocycles. The van der Waals surface area contributed by atoms with Crippen molar-refractivity contribution in [3.63, 3.8) is 0 Å². The van der Waals surface area contributed by atoms with Crippen LogP contribution in [-0.4, -0.2) is 25.0 Å². The van der Waals surface area contributed by atoms with Crippen LogP contribution in [0.25, 0.3) is 0 Å². The zero-order chi connectivity index (χ0) is 17.2. The maximum Gasteiger partial charge on any atom is 0.281 e. The Hall–Kier alpha value is -2.10. The molecule has 1 aliphatic carbocycles. The van der Waals surface area contributed by atoms with Gasteiger partial charge in [0, 0.05) is 0 Å². The zero-order valence-corrected chi connectivity index (χ0v) is 12.8. The van der Waals surface area contributed by atoms with Gasteiger partial charge in [-0.2, -0.15) is 0 Å². The van der Waals surface area contributed by atoms with Crippen molar-refractivity contribution < 1.29 is 34.1 Å². The molecule has 0 aromatic heterocycles. The summed E-state index contributed by atoms with van der Waals surface area (Å²) in [4.78, 5) is 34.2. The van der Waals surface area contributed by atoms with E-state index in [-0.39, 0.29) is 0 Å². The van der Waals surface area contributed by atoms with Gasteiger partial charge in [-0.3, -0.25) is 14.4 Å². The molecule has 2 rings (SSSR count). The van der Waals surface area contributed by atoms with Crippen LogP contribution in [0.4, 0.5) is 0 Å². The van der Waals surface area contributed by atoms with E-state index in [1.165, 1.54) is 10.0 Å². The van der Waals surface area contributed by atoms with Gasteiger partial charge in [0.25, 0.3) is 20.4 Å². The Morgan fingerprint density at radius 1 is 1.00 bits per heavy atom. The monoisotopic (exact) mass is 338 g/mol. The third-order valence-corrected chi connectivity index (χ3v) is 3.72. The van der Waals surface area contributed by atoms with Gasteiger partial charge in [0.2, 0.25) is 0 Å². The van der Waals surface area contributed by atoms with Crippen molar-refractivity contribution in [2.24, 2.45) is 0 Å². The van der Waals surface area contributed by atoms with E-state index in [2.05, 4.69) is 44.7 Å². The van der Waals surface area contributed by atoms with Crippen LogP contribution in [-0.2, 0) is 40.6 Å². The van der Waals surface area contributed by atoms with Crippen LogP contribution in [0.3, 0.4) is 0 Å². The van der Waals surface area contributed by atoms with Gasteiger partial charge in [0.05, 0.1) is 0 Å². The average molecular weight is 338 g/mol. The molecule has 0 spiro atoms. The summed E-state index contributed by atoms with van der Waals surface area (Å²) in [6.45, 7) is 13.5. The molecular formula is C17H14FeO4. The second-order valence-corrected chi connectivity index (χ2v) is 5.25. The molecule has 1 aromatic rings. The smallest absolute Gasteiger partial charge is 0.281 e. The van der Waals surface area contributed by atoms with E-state index < -0.39 is 0 Å². The van der Waals surface area contributed by atoms with Crippen molar-refractivity contribution in [1.29, 1.82) is 0 Å². The molecule has 1 aliphatic rings. The van der Waals surface area contributed by atoms with E-state index >= 15 is 0 Å². The van der Waals surface area contributed by atoms with Gasteiger partial charge in [0.1, 0.15) is 0 Å². The molecule has 5 heteroatoms. The summed E-state index contributed by atoms with van der Waals surface area (Å²) >= 11 is 0.625. The molecule has 0 saturated carbocycles. The van der Waals surface area contributed by atoms with Crippen molar-refractivity contribution in [1.82, 2.24) is 0 Å². The Bertz CT molecular complexity index is 464. The summed E-state index contributed by atoms with van der Waals surface area (Å²) in [7, 11) is 0. The van der Waals surface area contributed by atoms with Crippen molar-refractivity contribution in [3.05, 3.63) is 58.6 Å². The average Bonchev–Trinajstić information content (AvgIpc) is 3.12. The van der Waals surface area contributed by atoms with Crippen LogP contribution in [0.2, 0.25) is 0 Å². The molecule has 0 fully saturated rings. The molecule has 4 nitrogen and oxygen atoms in total. The summed E-state index contributed by atoms with van der Waals surface area (Å²) < 4.78 is 1.59. The number of allylic oxidation sites excluding steroid dienone is 4. The van der Waals surface area contributed by atoms with Gasteiger partial charge in [-0.05, 0) is 0 Å². The second kappa shape index (κ2) is 17.0. The standard InChI is InChI=1S/C9H9O.C5H5.3CO.Fe/c10-8-4-7-9-5-2-1-3-6-9;1-2-4-5-3-1;3*1-2;/h1-3,5-6H,4,7H2;1-3H,4H2;;;;. The predicted octanol–water partition coefficient (Wildman–Crippen LogP) is 1.88. The molecule has 0 N–H and O–H groups in total. The SMILES string of the molecule is O=[C](CCc1ccccc1)[Fe][C]1=CC=CC1.[C]=O.[C]=O.[C]=O. The zero-order valence-electron chi connectivity index (χ0n) is 11.7. The molecule has 114 valence electrons. The van der Waals surface area contributed by atoms with E-state index in [9.17, 15) is 4.79 Å². The number of hydrogen-bond acceptors (Lipinski definition) is 4. The molecule has 0 amide bonds. The Morgan fingerprint density at radius 2 is 1.59 bits per heavy atom. The maximum atomic E-state index is 11.7. The molecule has 0 unspecified atom stereocenters. The van der Waals surface area contributed by atoms with Crippen molar-refractivity contribution in [2.45, 2.75) is 19.3 Å². The Labute approximate surface area is 137 Å². The molecular weight excluding hydrogens is 324 g/mol. The Kier molecular flexibility index (Phi) is 17.1. The summed E-state index contributed by atoms with van der Waals surface area (Å²) in [6.07, 6.45) is 8.65. The summed E-state index contributed by atoms with van der Waals surface area (Å²) in [5, 5.41) is 0. The van der Waals surface area contributed by atoms with Crippen LogP contribution >= 0.6 is 0 Å². The largest absolute Gasteiger partial charge is 0.281 e. The fourth-order valence-electron chi connectivity index (χ4n) is 1.54. The number of carbonyl (C=O) groups is 1. The summed E-state index contributed by atoms with van der Waals surface area (Å²) in [5.74, 6) is 0. The molecule has 6 radical (unpaired) electrons.